The first-order valence-electron chi connectivity index (χ1n) is 25.4. The highest BCUT2D eigenvalue weighted by Gasteiger charge is 2.47. The van der Waals surface area contributed by atoms with E-state index in [4.69, 9.17) is 4.74 Å². The molecule has 28 heteroatoms. The van der Waals surface area contributed by atoms with Gasteiger partial charge in [-0.2, -0.15) is 132 Å². The Labute approximate surface area is 485 Å². The second-order valence-corrected chi connectivity index (χ2v) is 20.2. The van der Waals surface area contributed by atoms with Crippen molar-refractivity contribution < 1.29 is 115 Å². The Hall–Kier alpha value is -8.98. The molecular formula is C61H33BF24N2O. The number of hydrogen-bond acceptors (Lipinski definition) is 2. The largest absolute Gasteiger partial charge is 0.433 e. The summed E-state index contributed by atoms with van der Waals surface area (Å²) in [5, 5.41) is 6.89. The molecule has 0 radical (unpaired) electrons. The number of rotatable bonds is 8. The van der Waals surface area contributed by atoms with Crippen LogP contribution in [0.5, 0.6) is 11.6 Å². The SMILES string of the molecule is FC(F)(F)c1cc([B-](c2cc(C(F)(F)F)cc(C(F)(F)F)c2)(c2cc(C(F)(F)F)cc(C(F)(F)F)c2)c2cc(C(F)(F)F)cc(C(F)(F)F)c2)cc(C(F)(F)F)c1.c1ccc(C[n+]2ccnc(Oc3c4ccccc4cc4cc5ccccc5cc34)c2)cc1. The van der Waals surface area contributed by atoms with Gasteiger partial charge >= 0.3 is 49.4 Å². The van der Waals surface area contributed by atoms with Crippen molar-refractivity contribution in [1.82, 2.24) is 4.98 Å². The maximum Gasteiger partial charge on any atom is 0.416 e. The van der Waals surface area contributed by atoms with E-state index in [9.17, 15) is 105 Å². The van der Waals surface area contributed by atoms with E-state index in [-0.39, 0.29) is 0 Å². The lowest BCUT2D eigenvalue weighted by molar-refractivity contribution is -0.689. The monoisotopic (exact) mass is 1280 g/mol. The van der Waals surface area contributed by atoms with Crippen molar-refractivity contribution in [2.75, 3.05) is 0 Å². The van der Waals surface area contributed by atoms with Crippen LogP contribution in [0.1, 0.15) is 50.1 Å². The molecule has 0 saturated heterocycles. The molecule has 9 aromatic carbocycles. The second kappa shape index (κ2) is 22.9. The lowest BCUT2D eigenvalue weighted by Crippen LogP contribution is -2.75. The molecule has 0 atom stereocenters. The molecule has 89 heavy (non-hydrogen) atoms. The number of alkyl halides is 24. The van der Waals surface area contributed by atoms with Crippen LogP contribution in [0.4, 0.5) is 105 Å². The molecule has 3 nitrogen and oxygen atoms in total. The minimum absolute atomic E-state index is 0.578. The van der Waals surface area contributed by atoms with Crippen molar-refractivity contribution in [1.29, 1.82) is 0 Å². The van der Waals surface area contributed by atoms with E-state index >= 15 is 0 Å². The van der Waals surface area contributed by atoms with Crippen LogP contribution in [-0.2, 0) is 56.0 Å². The van der Waals surface area contributed by atoms with Crippen molar-refractivity contribution in [3.8, 4) is 11.6 Å². The first-order chi connectivity index (χ1) is 41.1. The van der Waals surface area contributed by atoms with Gasteiger partial charge in [0.15, 0.2) is 12.7 Å². The third-order valence-corrected chi connectivity index (χ3v) is 14.3. The van der Waals surface area contributed by atoms with Crippen molar-refractivity contribution >= 4 is 60.3 Å². The summed E-state index contributed by atoms with van der Waals surface area (Å²) in [6.07, 6.45) is -49.1. The van der Waals surface area contributed by atoms with Crippen LogP contribution in [-0.4, -0.2) is 11.1 Å². The predicted octanol–water partition coefficient (Wildman–Crippen LogP) is 17.9. The van der Waals surface area contributed by atoms with Gasteiger partial charge in [-0.15, -0.1) is 0 Å². The van der Waals surface area contributed by atoms with E-state index < -0.39 is 195 Å². The van der Waals surface area contributed by atoms with Crippen molar-refractivity contribution in [2.45, 2.75) is 56.0 Å². The number of benzene rings is 9. The van der Waals surface area contributed by atoms with Gasteiger partial charge in [-0.3, -0.25) is 0 Å². The smallest absolute Gasteiger partial charge is 0.416 e. The molecule has 1 aromatic heterocycles. The van der Waals surface area contributed by atoms with E-state index in [1.165, 1.54) is 16.3 Å². The van der Waals surface area contributed by atoms with Gasteiger partial charge < -0.3 is 4.74 Å². The highest BCUT2D eigenvalue weighted by molar-refractivity contribution is 7.20. The highest BCUT2D eigenvalue weighted by atomic mass is 19.4. The molecule has 0 fully saturated rings. The van der Waals surface area contributed by atoms with Gasteiger partial charge in [0.1, 0.15) is 11.9 Å². The summed E-state index contributed by atoms with van der Waals surface area (Å²) in [6.45, 7) is 0.765. The van der Waals surface area contributed by atoms with Crippen LogP contribution >= 0.6 is 0 Å². The maximum atomic E-state index is 14.2. The first kappa shape index (κ1) is 64.5. The molecule has 10 aromatic rings. The summed E-state index contributed by atoms with van der Waals surface area (Å²) in [5.41, 5.74) is -29.0. The Morgan fingerprint density at radius 1 is 0.326 bits per heavy atom. The summed E-state index contributed by atoms with van der Waals surface area (Å²) in [7, 11) is 0. The fourth-order valence-corrected chi connectivity index (χ4v) is 10.4. The molecule has 464 valence electrons. The first-order valence-corrected chi connectivity index (χ1v) is 25.4. The van der Waals surface area contributed by atoms with Gasteiger partial charge in [0.05, 0.1) is 50.7 Å². The van der Waals surface area contributed by atoms with Crippen LogP contribution in [0.15, 0.2) is 188 Å². The fraction of sp³-hybridized carbons (Fsp3) is 0.148. The van der Waals surface area contributed by atoms with Crippen molar-refractivity contribution in [2.24, 2.45) is 0 Å². The van der Waals surface area contributed by atoms with Crippen LogP contribution in [0.2, 0.25) is 0 Å². The average Bonchev–Trinajstić information content (AvgIpc) is 0.714. The lowest BCUT2D eigenvalue weighted by Gasteiger charge is -2.46. The molecule has 0 saturated carbocycles. The van der Waals surface area contributed by atoms with Gasteiger partial charge in [-0.1, -0.05) is 127 Å². The molecule has 0 unspecified atom stereocenters. The number of nitrogens with zero attached hydrogens (tertiary/aromatic N) is 2. The zero-order valence-corrected chi connectivity index (χ0v) is 44.1. The standard InChI is InChI=1S/C32H12BF24.C29H21N2O/c34-25(35,36)13-1-14(26(37,38)39)6-21(5-13)33(22-7-15(27(40,41)42)2-16(8-22)28(43,44)45,23-9-17(29(46,47)48)3-18(10-23)30(49,50)51)24-11-19(31(52,53)54)4-20(12-24)32(55,56)57;1-2-8-21(9-3-1)19-31-15-14-30-28(20-31)32-29-26-13-7-6-12-24(26)17-25-16-22-10-4-5-11-23(22)18-27(25)29/h1-12H;1-18,20H,19H2/q-1;+1. The number of fused-ring (bicyclic) bond motifs is 3. The fourth-order valence-electron chi connectivity index (χ4n) is 10.4. The van der Waals surface area contributed by atoms with Crippen LogP contribution < -0.4 is 31.2 Å². The molecule has 0 N–H and O–H groups in total. The summed E-state index contributed by atoms with van der Waals surface area (Å²) in [4.78, 5) is 4.51. The van der Waals surface area contributed by atoms with Gasteiger partial charge in [-0.05, 0) is 64.0 Å². The number of aromatic nitrogens is 2. The van der Waals surface area contributed by atoms with E-state index in [0.717, 1.165) is 33.8 Å². The molecular weight excluding hydrogens is 1240 g/mol. The zero-order chi connectivity index (χ0) is 65.2. The number of ether oxygens (including phenoxy) is 1. The lowest BCUT2D eigenvalue weighted by atomic mass is 9.12. The van der Waals surface area contributed by atoms with E-state index in [0.29, 0.717) is 5.88 Å². The molecule has 0 amide bonds. The Kier molecular flexibility index (Phi) is 16.6. The maximum absolute atomic E-state index is 14.2. The summed E-state index contributed by atoms with van der Waals surface area (Å²) >= 11 is 0. The second-order valence-electron chi connectivity index (χ2n) is 20.2. The Morgan fingerprint density at radius 2 is 0.640 bits per heavy atom. The van der Waals surface area contributed by atoms with Crippen molar-refractivity contribution in [3.63, 3.8) is 0 Å². The third-order valence-electron chi connectivity index (χ3n) is 14.3. The van der Waals surface area contributed by atoms with Crippen molar-refractivity contribution in [3.05, 3.63) is 239 Å². The van der Waals surface area contributed by atoms with Crippen LogP contribution in [0.25, 0.3) is 32.3 Å². The Morgan fingerprint density at radius 3 is 1.00 bits per heavy atom. The van der Waals surface area contributed by atoms with Gasteiger partial charge in [0.2, 0.25) is 6.20 Å². The third kappa shape index (κ3) is 14.0. The predicted molar refractivity (Wildman–Crippen MR) is 279 cm³/mol. The van der Waals surface area contributed by atoms with E-state index in [1.807, 2.05) is 18.5 Å². The normalized spacial score (nSPS) is 13.2. The summed E-state index contributed by atoms with van der Waals surface area (Å²) in [5.74, 6) is 1.42. The molecule has 0 spiro atoms. The van der Waals surface area contributed by atoms with E-state index in [2.05, 4.69) is 101 Å². The van der Waals surface area contributed by atoms with Gasteiger partial charge in [0, 0.05) is 16.3 Å². The summed E-state index contributed by atoms with van der Waals surface area (Å²) in [6, 6.07) is 25.1. The van der Waals surface area contributed by atoms with E-state index in [1.54, 1.807) is 6.20 Å². The number of halogens is 24. The van der Waals surface area contributed by atoms with Crippen LogP contribution in [0, 0.1) is 0 Å². The summed E-state index contributed by atoms with van der Waals surface area (Å²) < 4.78 is 349. The molecule has 0 aliphatic carbocycles. The number of hydrogen-bond donors (Lipinski definition) is 0. The van der Waals surface area contributed by atoms with Gasteiger partial charge in [0.25, 0.3) is 5.88 Å². The zero-order valence-electron chi connectivity index (χ0n) is 44.1. The van der Waals surface area contributed by atoms with Crippen LogP contribution in [0.3, 0.4) is 0 Å². The van der Waals surface area contributed by atoms with Gasteiger partial charge in [-0.25, -0.2) is 4.98 Å². The quantitative estimate of drug-likeness (QED) is 0.0656. The topological polar surface area (TPSA) is 26.0 Å². The minimum Gasteiger partial charge on any atom is -0.433 e. The molecule has 0 aliphatic rings. The Bertz CT molecular complexity index is 3830. The minimum atomic E-state index is -6.13. The molecule has 0 bridgehead atoms. The molecule has 0 aliphatic heterocycles. The Balaban J connectivity index is 0.000000245. The highest BCUT2D eigenvalue weighted by Crippen LogP contribution is 2.43. The average molecular weight is 1280 g/mol. The molecule has 1 heterocycles. The molecule has 10 rings (SSSR count).